The summed E-state index contributed by atoms with van der Waals surface area (Å²) in [5, 5.41) is 24.3. The molecule has 0 radical (unpaired) electrons. The van der Waals surface area contributed by atoms with Gasteiger partial charge in [-0.1, -0.05) is 0 Å². The monoisotopic (exact) mass is 276 g/mol. The van der Waals surface area contributed by atoms with Gasteiger partial charge in [-0.25, -0.2) is 0 Å². The molecule has 0 bridgehead atoms. The predicted octanol–water partition coefficient (Wildman–Crippen LogP) is 1.94. The molecule has 1 saturated carbocycles. The third-order valence-corrected chi connectivity index (χ3v) is 4.33. The number of nitro groups is 1. The summed E-state index contributed by atoms with van der Waals surface area (Å²) in [5.74, 6) is -0.186. The van der Waals surface area contributed by atoms with Crippen molar-refractivity contribution in [3.05, 3.63) is 21.9 Å². The van der Waals surface area contributed by atoms with E-state index in [1.165, 1.54) is 6.07 Å². The number of nitrogens with zero attached hydrogens (tertiary/aromatic N) is 4. The molecule has 1 aliphatic heterocycles. The molecule has 7 nitrogen and oxygen atoms in total. The minimum Gasteiger partial charge on any atom is -0.380 e. The maximum absolute atomic E-state index is 10.9. The highest BCUT2D eigenvalue weighted by Gasteiger charge is 2.53. The number of aromatic nitrogens is 2. The van der Waals surface area contributed by atoms with Crippen LogP contribution in [0.5, 0.6) is 0 Å². The molecule has 0 N–H and O–H groups in total. The highest BCUT2D eigenvalue weighted by atomic mass is 16.6. The van der Waals surface area contributed by atoms with Gasteiger partial charge in [0, 0.05) is 5.41 Å². The molecule has 1 aromatic rings. The van der Waals surface area contributed by atoms with Crippen LogP contribution in [-0.2, 0) is 10.2 Å². The first kappa shape index (κ1) is 13.1. The number of ether oxygens (including phenoxy) is 1. The minimum absolute atomic E-state index is 0.134. The Kier molecular flexibility index (Phi) is 2.63. The maximum Gasteiger partial charge on any atom is 0.390 e. The van der Waals surface area contributed by atoms with Gasteiger partial charge in [-0.05, 0) is 31.6 Å². The van der Waals surface area contributed by atoms with Gasteiger partial charge in [0.25, 0.3) is 0 Å². The molecular weight excluding hydrogens is 260 g/mol. The van der Waals surface area contributed by atoms with Crippen LogP contribution in [0.15, 0.2) is 6.07 Å². The second kappa shape index (κ2) is 4.03. The predicted molar refractivity (Wildman–Crippen MR) is 69.0 cm³/mol. The van der Waals surface area contributed by atoms with Crippen molar-refractivity contribution in [2.24, 2.45) is 5.41 Å². The lowest BCUT2D eigenvalue weighted by Gasteiger charge is -2.52. The molecule has 1 aliphatic carbocycles. The van der Waals surface area contributed by atoms with Crippen molar-refractivity contribution in [2.75, 3.05) is 13.2 Å². The normalized spacial score (nSPS) is 21.1. The molecule has 0 unspecified atom stereocenters. The first-order chi connectivity index (χ1) is 9.37. The first-order valence-electron chi connectivity index (χ1n) is 6.60. The first-order valence-corrected chi connectivity index (χ1v) is 6.60. The molecule has 2 fully saturated rings. The SMILES string of the molecule is CC(C)(C#N)c1cc([N+](=O)[O-])nn1C1CC2(COC2)C1. The minimum atomic E-state index is -0.792. The molecule has 1 spiro atoms. The summed E-state index contributed by atoms with van der Waals surface area (Å²) in [5.41, 5.74) is 0.0753. The fraction of sp³-hybridized carbons (Fsp3) is 0.692. The summed E-state index contributed by atoms with van der Waals surface area (Å²) < 4.78 is 6.92. The van der Waals surface area contributed by atoms with Crippen molar-refractivity contribution in [2.45, 2.75) is 38.1 Å². The Morgan fingerprint density at radius 3 is 2.70 bits per heavy atom. The van der Waals surface area contributed by atoms with Gasteiger partial charge in [0.15, 0.2) is 0 Å². The molecule has 2 heterocycles. The van der Waals surface area contributed by atoms with Crippen molar-refractivity contribution in [1.82, 2.24) is 9.78 Å². The molecule has 2 aliphatic rings. The Labute approximate surface area is 116 Å². The van der Waals surface area contributed by atoms with Crippen molar-refractivity contribution in [1.29, 1.82) is 5.26 Å². The van der Waals surface area contributed by atoms with Crippen molar-refractivity contribution in [3.8, 4) is 6.07 Å². The maximum atomic E-state index is 10.9. The van der Waals surface area contributed by atoms with Crippen LogP contribution in [0.3, 0.4) is 0 Å². The average Bonchev–Trinajstić information content (AvgIpc) is 2.71. The van der Waals surface area contributed by atoms with Crippen LogP contribution < -0.4 is 0 Å². The lowest BCUT2D eigenvalue weighted by Crippen LogP contribution is -2.53. The zero-order valence-corrected chi connectivity index (χ0v) is 11.5. The van der Waals surface area contributed by atoms with E-state index < -0.39 is 10.3 Å². The van der Waals surface area contributed by atoms with Gasteiger partial charge >= 0.3 is 5.82 Å². The zero-order chi connectivity index (χ0) is 14.5. The Balaban J connectivity index is 1.93. The van der Waals surface area contributed by atoms with E-state index in [1.54, 1.807) is 18.5 Å². The summed E-state index contributed by atoms with van der Waals surface area (Å²) in [4.78, 5) is 10.4. The van der Waals surface area contributed by atoms with E-state index in [4.69, 9.17) is 4.74 Å². The average molecular weight is 276 g/mol. The van der Waals surface area contributed by atoms with Crippen LogP contribution in [0.4, 0.5) is 5.82 Å². The van der Waals surface area contributed by atoms with E-state index in [9.17, 15) is 15.4 Å². The molecular formula is C13H16N4O3. The second-order valence-electron chi connectivity index (χ2n) is 6.38. The molecule has 7 heteroatoms. The second-order valence-corrected chi connectivity index (χ2v) is 6.38. The van der Waals surface area contributed by atoms with E-state index in [1.807, 2.05) is 0 Å². The van der Waals surface area contributed by atoms with Crippen LogP contribution in [0, 0.1) is 26.9 Å². The molecule has 0 amide bonds. The topological polar surface area (TPSA) is 94.0 Å². The van der Waals surface area contributed by atoms with Gasteiger partial charge in [-0.2, -0.15) is 9.94 Å². The summed E-state index contributed by atoms with van der Waals surface area (Å²) in [6.07, 6.45) is 1.83. The van der Waals surface area contributed by atoms with Crippen LogP contribution in [0.1, 0.15) is 38.4 Å². The fourth-order valence-electron chi connectivity index (χ4n) is 3.01. The highest BCUT2D eigenvalue weighted by molar-refractivity contribution is 5.32. The van der Waals surface area contributed by atoms with Gasteiger partial charge in [-0.15, -0.1) is 0 Å². The fourth-order valence-corrected chi connectivity index (χ4v) is 3.01. The number of nitriles is 1. The van der Waals surface area contributed by atoms with E-state index in [2.05, 4.69) is 11.2 Å². The van der Waals surface area contributed by atoms with Crippen LogP contribution in [0.2, 0.25) is 0 Å². The highest BCUT2D eigenvalue weighted by Crippen LogP contribution is 2.53. The molecule has 106 valence electrons. The van der Waals surface area contributed by atoms with Gasteiger partial charge < -0.3 is 14.9 Å². The van der Waals surface area contributed by atoms with Gasteiger partial charge in [0.05, 0.1) is 47.6 Å². The molecule has 1 aromatic heterocycles. The number of rotatable bonds is 3. The van der Waals surface area contributed by atoms with Crippen molar-refractivity contribution in [3.63, 3.8) is 0 Å². The summed E-state index contributed by atoms with van der Waals surface area (Å²) in [6.45, 7) is 5.05. The smallest absolute Gasteiger partial charge is 0.380 e. The molecule has 3 rings (SSSR count). The largest absolute Gasteiger partial charge is 0.390 e. The van der Waals surface area contributed by atoms with Crippen LogP contribution >= 0.6 is 0 Å². The molecule has 20 heavy (non-hydrogen) atoms. The lowest BCUT2D eigenvalue weighted by atomic mass is 9.64. The Hall–Kier alpha value is -1.94. The van der Waals surface area contributed by atoms with E-state index in [-0.39, 0.29) is 17.3 Å². The molecule has 0 aromatic carbocycles. The van der Waals surface area contributed by atoms with Gasteiger partial charge in [0.2, 0.25) is 0 Å². The van der Waals surface area contributed by atoms with E-state index >= 15 is 0 Å². The van der Waals surface area contributed by atoms with Crippen LogP contribution in [0.25, 0.3) is 0 Å². The number of hydrogen-bond donors (Lipinski definition) is 0. The third-order valence-electron chi connectivity index (χ3n) is 4.33. The van der Waals surface area contributed by atoms with E-state index in [0.29, 0.717) is 5.69 Å². The summed E-state index contributed by atoms with van der Waals surface area (Å²) in [6, 6.07) is 3.75. The Bertz CT molecular complexity index is 602. The lowest BCUT2D eigenvalue weighted by molar-refractivity contribution is -0.390. The zero-order valence-electron chi connectivity index (χ0n) is 11.5. The quantitative estimate of drug-likeness (QED) is 0.621. The van der Waals surface area contributed by atoms with Gasteiger partial charge in [-0.3, -0.25) is 0 Å². The van der Waals surface area contributed by atoms with Gasteiger partial charge in [0.1, 0.15) is 0 Å². The van der Waals surface area contributed by atoms with Crippen LogP contribution in [-0.4, -0.2) is 27.9 Å². The molecule has 1 saturated heterocycles. The Morgan fingerprint density at radius 2 is 2.25 bits per heavy atom. The van der Waals surface area contributed by atoms with Crippen molar-refractivity contribution >= 4 is 5.82 Å². The standard InChI is InChI=1S/C13H16N4O3/c1-12(2,6-14)10-3-11(17(18)19)15-16(10)9-4-13(5-9)7-20-8-13/h3,9H,4-5,7-8H2,1-2H3. The van der Waals surface area contributed by atoms with E-state index in [0.717, 1.165) is 26.1 Å². The third kappa shape index (κ3) is 1.79. The summed E-state index contributed by atoms with van der Waals surface area (Å²) in [7, 11) is 0. The molecule has 0 atom stereocenters. The van der Waals surface area contributed by atoms with Crippen molar-refractivity contribution < 1.29 is 9.66 Å². The summed E-state index contributed by atoms with van der Waals surface area (Å²) >= 11 is 0. The number of hydrogen-bond acceptors (Lipinski definition) is 5. The Morgan fingerprint density at radius 1 is 1.60 bits per heavy atom.